The molecule has 1 amide bonds. The molecule has 0 saturated heterocycles. The molecule has 0 aliphatic heterocycles. The third-order valence-corrected chi connectivity index (χ3v) is 2.24. The summed E-state index contributed by atoms with van der Waals surface area (Å²) in [5.74, 6) is -0.345. The fraction of sp³-hybridized carbons (Fsp3) is 0.417. The van der Waals surface area contributed by atoms with Gasteiger partial charge in [-0.25, -0.2) is 0 Å². The van der Waals surface area contributed by atoms with Crippen molar-refractivity contribution >= 4 is 11.6 Å². The summed E-state index contributed by atoms with van der Waals surface area (Å²) < 4.78 is 5.19. The lowest BCUT2D eigenvalue weighted by atomic mass is 10.1. The van der Waals surface area contributed by atoms with Crippen LogP contribution in [0.4, 0.5) is 5.69 Å². The number of benzene rings is 1. The zero-order chi connectivity index (χ0) is 12.8. The van der Waals surface area contributed by atoms with E-state index in [4.69, 9.17) is 10.5 Å². The molecule has 5 heteroatoms. The summed E-state index contributed by atoms with van der Waals surface area (Å²) >= 11 is 0. The topological polar surface area (TPSA) is 84.6 Å². The molecule has 5 nitrogen and oxygen atoms in total. The lowest BCUT2D eigenvalue weighted by Gasteiger charge is -2.13. The van der Waals surface area contributed by atoms with Gasteiger partial charge in [-0.1, -0.05) is 0 Å². The van der Waals surface area contributed by atoms with Gasteiger partial charge in [-0.15, -0.1) is 0 Å². The van der Waals surface area contributed by atoms with Gasteiger partial charge in [0.2, 0.25) is 0 Å². The Hall–Kier alpha value is -1.75. The highest BCUT2D eigenvalue weighted by atomic mass is 16.5. The number of aromatic hydroxyl groups is 1. The van der Waals surface area contributed by atoms with Gasteiger partial charge >= 0.3 is 0 Å². The Balaban J connectivity index is 2.60. The number of phenolic OH excluding ortho intramolecular Hbond substituents is 1. The summed E-state index contributed by atoms with van der Waals surface area (Å²) in [6, 6.07) is 4.33. The average Bonchev–Trinajstić information content (AvgIpc) is 2.30. The number of rotatable bonds is 5. The molecule has 1 rings (SSSR count). The molecule has 1 atom stereocenters. The molecule has 1 unspecified atom stereocenters. The first-order valence-corrected chi connectivity index (χ1v) is 5.51. The average molecular weight is 238 g/mol. The number of amides is 1. The van der Waals surface area contributed by atoms with Crippen LogP contribution in [0, 0.1) is 0 Å². The van der Waals surface area contributed by atoms with E-state index in [0.29, 0.717) is 18.8 Å². The molecule has 94 valence electrons. The minimum atomic E-state index is -0.257. The van der Waals surface area contributed by atoms with E-state index in [0.717, 1.165) is 0 Å². The first kappa shape index (κ1) is 13.3. The van der Waals surface area contributed by atoms with Gasteiger partial charge in [0.15, 0.2) is 0 Å². The highest BCUT2D eigenvalue weighted by Gasteiger charge is 2.11. The summed E-state index contributed by atoms with van der Waals surface area (Å²) in [5.41, 5.74) is 6.08. The number of nitrogen functional groups attached to an aromatic ring is 1. The molecule has 1 aromatic carbocycles. The van der Waals surface area contributed by atoms with Gasteiger partial charge in [0.25, 0.3) is 5.91 Å². The van der Waals surface area contributed by atoms with Crippen molar-refractivity contribution in [3.05, 3.63) is 23.8 Å². The molecule has 0 bridgehead atoms. The van der Waals surface area contributed by atoms with E-state index in [1.54, 1.807) is 6.07 Å². The van der Waals surface area contributed by atoms with Crippen LogP contribution in [0.2, 0.25) is 0 Å². The second-order valence-electron chi connectivity index (χ2n) is 3.81. The number of ether oxygens (including phenoxy) is 1. The summed E-state index contributed by atoms with van der Waals surface area (Å²) in [5, 5.41) is 12.2. The Labute approximate surface area is 101 Å². The van der Waals surface area contributed by atoms with E-state index in [1.165, 1.54) is 12.1 Å². The Morgan fingerprint density at radius 2 is 2.29 bits per heavy atom. The Morgan fingerprint density at radius 1 is 1.59 bits per heavy atom. The molecule has 0 fully saturated rings. The maximum atomic E-state index is 11.8. The van der Waals surface area contributed by atoms with Crippen LogP contribution in [0.15, 0.2) is 18.2 Å². The van der Waals surface area contributed by atoms with Gasteiger partial charge in [-0.3, -0.25) is 4.79 Å². The van der Waals surface area contributed by atoms with E-state index >= 15 is 0 Å². The normalized spacial score (nSPS) is 12.1. The minimum absolute atomic E-state index is 0.0813. The number of nitrogens with two attached hydrogens (primary N) is 1. The first-order chi connectivity index (χ1) is 8.04. The highest BCUT2D eigenvalue weighted by molar-refractivity contribution is 5.95. The van der Waals surface area contributed by atoms with Gasteiger partial charge in [-0.2, -0.15) is 0 Å². The van der Waals surface area contributed by atoms with E-state index in [1.807, 2.05) is 13.8 Å². The molecule has 0 aromatic heterocycles. The van der Waals surface area contributed by atoms with Gasteiger partial charge in [0.05, 0.1) is 12.3 Å². The van der Waals surface area contributed by atoms with E-state index in [9.17, 15) is 9.90 Å². The molecule has 0 radical (unpaired) electrons. The van der Waals surface area contributed by atoms with Crippen molar-refractivity contribution < 1.29 is 14.6 Å². The van der Waals surface area contributed by atoms with Crippen LogP contribution in [0.5, 0.6) is 5.75 Å². The molecular formula is C12H18N2O3. The number of hydrogen-bond donors (Lipinski definition) is 3. The predicted octanol–water partition coefficient (Wildman–Crippen LogP) is 1.13. The van der Waals surface area contributed by atoms with Crippen molar-refractivity contribution in [1.82, 2.24) is 5.32 Å². The second kappa shape index (κ2) is 6.10. The van der Waals surface area contributed by atoms with Crippen LogP contribution in [-0.2, 0) is 4.74 Å². The number of carbonyl (C=O) groups excluding carboxylic acids is 1. The summed E-state index contributed by atoms with van der Waals surface area (Å²) in [4.78, 5) is 11.8. The van der Waals surface area contributed by atoms with Crippen molar-refractivity contribution in [3.8, 4) is 5.75 Å². The van der Waals surface area contributed by atoms with Crippen LogP contribution in [0.1, 0.15) is 24.2 Å². The number of hydrogen-bond acceptors (Lipinski definition) is 4. The highest BCUT2D eigenvalue weighted by Crippen LogP contribution is 2.20. The Bertz CT molecular complexity index is 393. The molecular weight excluding hydrogens is 220 g/mol. The molecule has 0 spiro atoms. The van der Waals surface area contributed by atoms with Crippen molar-refractivity contribution in [1.29, 1.82) is 0 Å². The van der Waals surface area contributed by atoms with Crippen molar-refractivity contribution in [2.45, 2.75) is 19.9 Å². The molecule has 17 heavy (non-hydrogen) atoms. The van der Waals surface area contributed by atoms with E-state index < -0.39 is 0 Å². The zero-order valence-electron chi connectivity index (χ0n) is 10.1. The maximum absolute atomic E-state index is 11.8. The first-order valence-electron chi connectivity index (χ1n) is 5.51. The molecule has 0 heterocycles. The number of phenols is 1. The molecule has 0 saturated carbocycles. The fourth-order valence-corrected chi connectivity index (χ4v) is 1.33. The standard InChI is InChI=1S/C12H18N2O3/c1-3-17-7-8(2)14-12(16)9-4-5-10(13)11(15)6-9/h4-6,8,15H,3,7,13H2,1-2H3,(H,14,16). The largest absolute Gasteiger partial charge is 0.506 e. The SMILES string of the molecule is CCOCC(C)NC(=O)c1ccc(N)c(O)c1. The van der Waals surface area contributed by atoms with Gasteiger partial charge < -0.3 is 20.9 Å². The monoisotopic (exact) mass is 238 g/mol. The second-order valence-corrected chi connectivity index (χ2v) is 3.81. The van der Waals surface area contributed by atoms with Crippen molar-refractivity contribution in [2.24, 2.45) is 0 Å². The Morgan fingerprint density at radius 3 is 2.88 bits per heavy atom. The maximum Gasteiger partial charge on any atom is 0.251 e. The summed E-state index contributed by atoms with van der Waals surface area (Å²) in [6.45, 7) is 4.82. The van der Waals surface area contributed by atoms with E-state index in [-0.39, 0.29) is 23.4 Å². The summed E-state index contributed by atoms with van der Waals surface area (Å²) in [6.07, 6.45) is 0. The third kappa shape index (κ3) is 3.96. The van der Waals surface area contributed by atoms with Crippen LogP contribution in [-0.4, -0.2) is 30.3 Å². The zero-order valence-corrected chi connectivity index (χ0v) is 10.1. The fourth-order valence-electron chi connectivity index (χ4n) is 1.33. The lowest BCUT2D eigenvalue weighted by molar-refractivity contribution is 0.0871. The number of nitrogens with one attached hydrogen (secondary N) is 1. The smallest absolute Gasteiger partial charge is 0.251 e. The molecule has 4 N–H and O–H groups in total. The summed E-state index contributed by atoms with van der Waals surface area (Å²) in [7, 11) is 0. The van der Waals surface area contributed by atoms with Gasteiger partial charge in [0, 0.05) is 18.2 Å². The van der Waals surface area contributed by atoms with Gasteiger partial charge in [-0.05, 0) is 32.0 Å². The number of carbonyl (C=O) groups is 1. The third-order valence-electron chi connectivity index (χ3n) is 2.24. The van der Waals surface area contributed by atoms with E-state index in [2.05, 4.69) is 5.32 Å². The number of anilines is 1. The van der Waals surface area contributed by atoms with Gasteiger partial charge in [0.1, 0.15) is 5.75 Å². The van der Waals surface area contributed by atoms with Crippen LogP contribution in [0.3, 0.4) is 0 Å². The van der Waals surface area contributed by atoms with Crippen LogP contribution >= 0.6 is 0 Å². The van der Waals surface area contributed by atoms with Crippen LogP contribution in [0.25, 0.3) is 0 Å². The minimum Gasteiger partial charge on any atom is -0.506 e. The predicted molar refractivity (Wildman–Crippen MR) is 65.9 cm³/mol. The van der Waals surface area contributed by atoms with Crippen molar-refractivity contribution in [3.63, 3.8) is 0 Å². The quantitative estimate of drug-likeness (QED) is 0.530. The Kier molecular flexibility index (Phi) is 4.78. The van der Waals surface area contributed by atoms with Crippen LogP contribution < -0.4 is 11.1 Å². The van der Waals surface area contributed by atoms with Crippen molar-refractivity contribution in [2.75, 3.05) is 18.9 Å². The molecule has 1 aromatic rings. The molecule has 0 aliphatic carbocycles. The lowest BCUT2D eigenvalue weighted by Crippen LogP contribution is -2.35. The molecule has 0 aliphatic rings.